The van der Waals surface area contributed by atoms with Crippen molar-refractivity contribution in [3.05, 3.63) is 0 Å². The van der Waals surface area contributed by atoms with Gasteiger partial charge in [-0.25, -0.2) is 8.42 Å². The molecule has 4 fully saturated rings. The van der Waals surface area contributed by atoms with E-state index in [9.17, 15) is 8.42 Å². The molecule has 5 unspecified atom stereocenters. The fourth-order valence-corrected chi connectivity index (χ4v) is 6.59. The molecule has 0 radical (unpaired) electrons. The van der Waals surface area contributed by atoms with E-state index in [-0.39, 0.29) is 11.1 Å². The lowest BCUT2D eigenvalue weighted by Crippen LogP contribution is -2.36. The van der Waals surface area contributed by atoms with E-state index in [1.54, 1.807) is 0 Å². The minimum atomic E-state index is -3.09. The number of hydrogen-bond acceptors (Lipinski definition) is 3. The molecular weight excluding hydrogens is 202 g/mol. The molecule has 4 aliphatic rings. The molecule has 0 aromatic carbocycles. The van der Waals surface area contributed by atoms with Gasteiger partial charge in [0.2, 0.25) is 10.0 Å². The van der Waals surface area contributed by atoms with Gasteiger partial charge in [-0.05, 0) is 35.6 Å². The molecule has 2 saturated carbocycles. The topological polar surface area (TPSA) is 49.7 Å². The second-order valence-corrected chi connectivity index (χ2v) is 7.09. The Labute approximate surface area is 83.2 Å². The third kappa shape index (κ3) is 0.542. The summed E-state index contributed by atoms with van der Waals surface area (Å²) in [5, 5.41) is 0. The van der Waals surface area contributed by atoms with E-state index in [0.717, 1.165) is 12.8 Å². The molecule has 2 heterocycles. The van der Waals surface area contributed by atoms with Gasteiger partial charge in [-0.3, -0.25) is 4.84 Å². The number of rotatable bonds is 0. The molecule has 78 valence electrons. The first-order valence-electron chi connectivity index (χ1n) is 5.24. The third-order valence-corrected chi connectivity index (χ3v) is 6.80. The lowest BCUT2D eigenvalue weighted by atomic mass is 9.77. The van der Waals surface area contributed by atoms with E-state index < -0.39 is 10.0 Å². The third-order valence-electron chi connectivity index (χ3n) is 5.05. The first kappa shape index (κ1) is 8.07. The Hall–Kier alpha value is -0.130. The van der Waals surface area contributed by atoms with Crippen molar-refractivity contribution >= 4 is 10.0 Å². The highest BCUT2D eigenvalue weighted by atomic mass is 32.2. The summed E-state index contributed by atoms with van der Waals surface area (Å²) in [6.45, 7) is 2.20. The molecule has 5 atom stereocenters. The van der Waals surface area contributed by atoms with E-state index in [2.05, 4.69) is 6.92 Å². The molecule has 0 amide bonds. The lowest BCUT2D eigenvalue weighted by molar-refractivity contribution is 0.116. The Balaban J connectivity index is 1.96. The van der Waals surface area contributed by atoms with Gasteiger partial charge in [0.1, 0.15) is 0 Å². The van der Waals surface area contributed by atoms with Gasteiger partial charge >= 0.3 is 0 Å². The fraction of sp³-hybridized carbons (Fsp3) is 1.00. The van der Waals surface area contributed by atoms with Crippen LogP contribution in [0.3, 0.4) is 0 Å². The SMILES string of the molecule is CC1C2CCC13CS(=O)(=O)N1OC13C2. The van der Waals surface area contributed by atoms with Gasteiger partial charge < -0.3 is 0 Å². The zero-order valence-corrected chi connectivity index (χ0v) is 8.88. The van der Waals surface area contributed by atoms with E-state index >= 15 is 0 Å². The molecule has 4 rings (SSSR count). The van der Waals surface area contributed by atoms with Crippen molar-refractivity contribution in [1.82, 2.24) is 4.47 Å². The summed E-state index contributed by atoms with van der Waals surface area (Å²) in [6.07, 6.45) is 3.16. The highest BCUT2D eigenvalue weighted by molar-refractivity contribution is 7.89. The maximum absolute atomic E-state index is 11.7. The number of sulfonamides is 1. The van der Waals surface area contributed by atoms with Crippen molar-refractivity contribution in [2.75, 3.05) is 5.75 Å². The van der Waals surface area contributed by atoms with Gasteiger partial charge in [0.05, 0.1) is 5.75 Å². The van der Waals surface area contributed by atoms with Crippen LogP contribution in [0.4, 0.5) is 0 Å². The summed E-state index contributed by atoms with van der Waals surface area (Å²) in [5.74, 6) is 1.54. The Morgan fingerprint density at radius 1 is 1.50 bits per heavy atom. The number of fused-ring (bicyclic) bond motifs is 1. The predicted octanol–water partition coefficient (Wildman–Crippen LogP) is 0.710. The first-order chi connectivity index (χ1) is 6.52. The Kier molecular flexibility index (Phi) is 1.03. The average Bonchev–Trinajstić information content (AvgIpc) is 2.65. The van der Waals surface area contributed by atoms with Crippen LogP contribution < -0.4 is 0 Å². The lowest BCUT2D eigenvalue weighted by Gasteiger charge is -2.27. The van der Waals surface area contributed by atoms with Gasteiger partial charge in [-0.2, -0.15) is 0 Å². The van der Waals surface area contributed by atoms with Crippen molar-refractivity contribution in [2.45, 2.75) is 31.9 Å². The summed E-state index contributed by atoms with van der Waals surface area (Å²) in [4.78, 5) is 5.42. The Morgan fingerprint density at radius 3 is 2.86 bits per heavy atom. The van der Waals surface area contributed by atoms with E-state index in [0.29, 0.717) is 17.6 Å². The smallest absolute Gasteiger partial charge is 0.239 e. The van der Waals surface area contributed by atoms with Crippen molar-refractivity contribution in [2.24, 2.45) is 17.3 Å². The maximum Gasteiger partial charge on any atom is 0.239 e. The van der Waals surface area contributed by atoms with Gasteiger partial charge in [0.25, 0.3) is 0 Å². The minimum absolute atomic E-state index is 0.0590. The molecule has 4 nitrogen and oxygen atoms in total. The summed E-state index contributed by atoms with van der Waals surface area (Å²) in [7, 11) is -3.09. The fourth-order valence-electron chi connectivity index (χ4n) is 4.24. The molecule has 0 aromatic rings. The normalized spacial score (nSPS) is 66.5. The minimum Gasteiger partial charge on any atom is -0.255 e. The van der Waals surface area contributed by atoms with Crippen molar-refractivity contribution < 1.29 is 13.3 Å². The number of hydroxylamine groups is 1. The molecule has 2 bridgehead atoms. The molecule has 0 N–H and O–H groups in total. The second-order valence-electron chi connectivity index (χ2n) is 5.31. The summed E-state index contributed by atoms with van der Waals surface area (Å²) in [6, 6.07) is 0. The van der Waals surface area contributed by atoms with Crippen molar-refractivity contribution in [3.63, 3.8) is 0 Å². The molecule has 2 aliphatic carbocycles. The van der Waals surface area contributed by atoms with Crippen LogP contribution in [-0.2, 0) is 14.9 Å². The van der Waals surface area contributed by atoms with Gasteiger partial charge in [0.15, 0.2) is 5.72 Å². The monoisotopic (exact) mass is 215 g/mol. The summed E-state index contributed by atoms with van der Waals surface area (Å²) >= 11 is 0. The van der Waals surface area contributed by atoms with Crippen LogP contribution in [0.1, 0.15) is 26.2 Å². The number of nitrogens with zero attached hydrogens (tertiary/aromatic N) is 1. The van der Waals surface area contributed by atoms with Crippen LogP contribution >= 0.6 is 0 Å². The Bertz CT molecular complexity index is 433. The van der Waals surface area contributed by atoms with Crippen LogP contribution in [0.15, 0.2) is 0 Å². The summed E-state index contributed by atoms with van der Waals surface area (Å²) < 4.78 is 24.8. The molecular formula is C9H13NO3S. The molecule has 2 saturated heterocycles. The van der Waals surface area contributed by atoms with Crippen LogP contribution in [0.2, 0.25) is 0 Å². The second kappa shape index (κ2) is 1.79. The summed E-state index contributed by atoms with van der Waals surface area (Å²) in [5.41, 5.74) is -0.440. The molecule has 2 aliphatic heterocycles. The molecule has 2 spiro atoms. The zero-order chi connectivity index (χ0) is 9.77. The van der Waals surface area contributed by atoms with Crippen LogP contribution in [0.25, 0.3) is 0 Å². The van der Waals surface area contributed by atoms with Gasteiger partial charge in [0, 0.05) is 5.41 Å². The molecule has 0 aromatic heterocycles. The maximum atomic E-state index is 11.7. The molecule has 5 heteroatoms. The van der Waals surface area contributed by atoms with E-state index in [4.69, 9.17) is 4.84 Å². The zero-order valence-electron chi connectivity index (χ0n) is 8.06. The van der Waals surface area contributed by atoms with Crippen molar-refractivity contribution in [3.8, 4) is 0 Å². The highest BCUT2D eigenvalue weighted by Gasteiger charge is 2.86. The van der Waals surface area contributed by atoms with E-state index in [1.807, 2.05) is 0 Å². The van der Waals surface area contributed by atoms with Crippen molar-refractivity contribution in [1.29, 1.82) is 0 Å². The largest absolute Gasteiger partial charge is 0.255 e. The first-order valence-corrected chi connectivity index (χ1v) is 6.85. The predicted molar refractivity (Wildman–Crippen MR) is 48.4 cm³/mol. The van der Waals surface area contributed by atoms with E-state index in [1.165, 1.54) is 10.9 Å². The van der Waals surface area contributed by atoms with Gasteiger partial charge in [-0.15, -0.1) is 0 Å². The van der Waals surface area contributed by atoms with Gasteiger partial charge in [-0.1, -0.05) is 6.92 Å². The molecule has 14 heavy (non-hydrogen) atoms. The van der Waals surface area contributed by atoms with Crippen LogP contribution in [-0.4, -0.2) is 24.4 Å². The Morgan fingerprint density at radius 2 is 2.29 bits per heavy atom. The number of hydrogen-bond donors (Lipinski definition) is 0. The van der Waals surface area contributed by atoms with Crippen LogP contribution in [0.5, 0.6) is 0 Å². The quantitative estimate of drug-likeness (QED) is 0.559. The average molecular weight is 215 g/mol. The standard InChI is InChI=1S/C9H13NO3S/c1-6-7-2-3-8(6)5-14(11,12)10-9(8,4-7)13-10/h6-7H,2-5H2,1H3. The highest BCUT2D eigenvalue weighted by Crippen LogP contribution is 2.75. The van der Waals surface area contributed by atoms with Crippen LogP contribution in [0, 0.1) is 17.3 Å².